The molecule has 0 amide bonds. The molecule has 0 aliphatic carbocycles. The van der Waals surface area contributed by atoms with Crippen molar-refractivity contribution < 1.29 is 0 Å². The van der Waals surface area contributed by atoms with Crippen molar-refractivity contribution in [3.8, 4) is 0 Å². The van der Waals surface area contributed by atoms with Crippen LogP contribution in [0.4, 0.5) is 0 Å². The van der Waals surface area contributed by atoms with Crippen LogP contribution in [0.25, 0.3) is 0 Å². The first-order chi connectivity index (χ1) is 6.24. The highest BCUT2D eigenvalue weighted by Gasteiger charge is 2.22. The maximum Gasteiger partial charge on any atom is -0.0124 e. The van der Waals surface area contributed by atoms with E-state index in [1.807, 2.05) is 0 Å². The molecule has 0 aromatic carbocycles. The predicted octanol–water partition coefficient (Wildman–Crippen LogP) is 5.53. The standard InChI is InChI=1S/C13H26.ClH.H3N/c1-5-9-11-13(7-3,8-4)12-10-6-2;;/h7H,3,5-6,8-12H2,1-2,4H3;1H;1H3. The van der Waals surface area contributed by atoms with E-state index in [9.17, 15) is 0 Å². The molecule has 0 bridgehead atoms. The highest BCUT2D eigenvalue weighted by molar-refractivity contribution is 5.85. The van der Waals surface area contributed by atoms with Gasteiger partial charge in [-0.05, 0) is 24.7 Å². The summed E-state index contributed by atoms with van der Waals surface area (Å²) in [6.07, 6.45) is 11.5. The van der Waals surface area contributed by atoms with E-state index in [0.29, 0.717) is 5.41 Å². The molecule has 0 saturated heterocycles. The second kappa shape index (κ2) is 12.1. The Kier molecular flexibility index (Phi) is 16.4. The van der Waals surface area contributed by atoms with Gasteiger partial charge in [0.05, 0.1) is 0 Å². The number of rotatable bonds is 8. The zero-order valence-electron chi connectivity index (χ0n) is 10.8. The Morgan fingerprint density at radius 1 is 1.00 bits per heavy atom. The van der Waals surface area contributed by atoms with Crippen LogP contribution in [0, 0.1) is 5.41 Å². The summed E-state index contributed by atoms with van der Waals surface area (Å²) < 4.78 is 0. The van der Waals surface area contributed by atoms with E-state index in [-0.39, 0.29) is 18.6 Å². The Bertz CT molecular complexity index is 126. The molecule has 0 aromatic heterocycles. The van der Waals surface area contributed by atoms with Crippen LogP contribution < -0.4 is 6.15 Å². The topological polar surface area (TPSA) is 35.0 Å². The Hall–Kier alpha value is -0.0100. The van der Waals surface area contributed by atoms with Crippen molar-refractivity contribution in [2.75, 3.05) is 0 Å². The molecule has 3 N–H and O–H groups in total. The summed E-state index contributed by atoms with van der Waals surface area (Å²) >= 11 is 0. The molecule has 94 valence electrons. The molecule has 0 aliphatic rings. The average Bonchev–Trinajstić information content (AvgIpc) is 2.20. The van der Waals surface area contributed by atoms with Crippen molar-refractivity contribution in [3.05, 3.63) is 12.7 Å². The highest BCUT2D eigenvalue weighted by atomic mass is 35.5. The van der Waals surface area contributed by atoms with Crippen molar-refractivity contribution in [1.29, 1.82) is 0 Å². The first kappa shape index (κ1) is 20.4. The van der Waals surface area contributed by atoms with Gasteiger partial charge < -0.3 is 6.15 Å². The molecule has 0 saturated carbocycles. The smallest absolute Gasteiger partial charge is 0.0124 e. The third-order valence-corrected chi connectivity index (χ3v) is 3.19. The number of unbranched alkanes of at least 4 members (excludes halogenated alkanes) is 2. The minimum Gasteiger partial charge on any atom is -0.344 e. The van der Waals surface area contributed by atoms with E-state index in [0.717, 1.165) is 0 Å². The molecule has 1 nitrogen and oxygen atoms in total. The quantitative estimate of drug-likeness (QED) is 0.552. The van der Waals surface area contributed by atoms with Crippen LogP contribution in [0.15, 0.2) is 12.7 Å². The van der Waals surface area contributed by atoms with Crippen molar-refractivity contribution in [1.82, 2.24) is 6.15 Å². The third kappa shape index (κ3) is 7.87. The zero-order valence-corrected chi connectivity index (χ0v) is 11.7. The zero-order chi connectivity index (χ0) is 10.2. The van der Waals surface area contributed by atoms with Gasteiger partial charge in [0.15, 0.2) is 0 Å². The van der Waals surface area contributed by atoms with Crippen LogP contribution in [0.2, 0.25) is 0 Å². The molecule has 0 heterocycles. The molecule has 0 unspecified atom stereocenters. The van der Waals surface area contributed by atoms with Crippen LogP contribution in [0.1, 0.15) is 65.7 Å². The van der Waals surface area contributed by atoms with Crippen LogP contribution in [-0.2, 0) is 0 Å². The normalized spacial score (nSPS) is 10.1. The lowest BCUT2D eigenvalue weighted by Crippen LogP contribution is -2.16. The third-order valence-electron chi connectivity index (χ3n) is 3.19. The summed E-state index contributed by atoms with van der Waals surface area (Å²) in [6, 6.07) is 0. The van der Waals surface area contributed by atoms with E-state index >= 15 is 0 Å². The molecule has 0 atom stereocenters. The monoisotopic (exact) mass is 235 g/mol. The minimum absolute atomic E-state index is 0. The van der Waals surface area contributed by atoms with Crippen molar-refractivity contribution in [2.45, 2.75) is 65.7 Å². The van der Waals surface area contributed by atoms with E-state index in [1.165, 1.54) is 44.9 Å². The number of allylic oxidation sites excluding steroid dienone is 1. The molecule has 0 spiro atoms. The summed E-state index contributed by atoms with van der Waals surface area (Å²) in [4.78, 5) is 0. The molecule has 0 aromatic rings. The summed E-state index contributed by atoms with van der Waals surface area (Å²) in [5.41, 5.74) is 0.450. The molecule has 0 aliphatic heterocycles. The first-order valence-corrected chi connectivity index (χ1v) is 5.88. The second-order valence-electron chi connectivity index (χ2n) is 4.13. The Labute approximate surface area is 103 Å². The van der Waals surface area contributed by atoms with E-state index in [1.54, 1.807) is 0 Å². The van der Waals surface area contributed by atoms with Gasteiger partial charge in [0.2, 0.25) is 0 Å². The molecule has 0 fully saturated rings. The fourth-order valence-corrected chi connectivity index (χ4v) is 1.88. The van der Waals surface area contributed by atoms with Gasteiger partial charge in [-0.1, -0.05) is 52.5 Å². The van der Waals surface area contributed by atoms with Gasteiger partial charge >= 0.3 is 0 Å². The van der Waals surface area contributed by atoms with Gasteiger partial charge in [-0.2, -0.15) is 0 Å². The summed E-state index contributed by atoms with van der Waals surface area (Å²) in [6.45, 7) is 10.8. The van der Waals surface area contributed by atoms with Crippen LogP contribution in [-0.4, -0.2) is 0 Å². The summed E-state index contributed by atoms with van der Waals surface area (Å²) in [7, 11) is 0. The van der Waals surface area contributed by atoms with E-state index in [4.69, 9.17) is 0 Å². The number of hydrogen-bond donors (Lipinski definition) is 1. The van der Waals surface area contributed by atoms with Crippen molar-refractivity contribution >= 4 is 12.4 Å². The van der Waals surface area contributed by atoms with Gasteiger partial charge in [-0.15, -0.1) is 19.0 Å². The predicted molar refractivity (Wildman–Crippen MR) is 74.2 cm³/mol. The number of halogens is 1. The maximum absolute atomic E-state index is 4.01. The van der Waals surface area contributed by atoms with Gasteiger partial charge in [0.25, 0.3) is 0 Å². The molecule has 0 rings (SSSR count). The fraction of sp³-hybridized carbons (Fsp3) is 0.846. The van der Waals surface area contributed by atoms with E-state index < -0.39 is 0 Å². The summed E-state index contributed by atoms with van der Waals surface area (Å²) in [5.74, 6) is 0. The molecule has 0 radical (unpaired) electrons. The largest absolute Gasteiger partial charge is 0.344 e. The fourth-order valence-electron chi connectivity index (χ4n) is 1.88. The molecule has 15 heavy (non-hydrogen) atoms. The molecule has 2 heteroatoms. The van der Waals surface area contributed by atoms with Gasteiger partial charge in [-0.3, -0.25) is 0 Å². The van der Waals surface area contributed by atoms with Gasteiger partial charge in [-0.25, -0.2) is 0 Å². The van der Waals surface area contributed by atoms with Crippen LogP contribution in [0.3, 0.4) is 0 Å². The summed E-state index contributed by atoms with van der Waals surface area (Å²) in [5, 5.41) is 0. The Morgan fingerprint density at radius 2 is 1.40 bits per heavy atom. The maximum atomic E-state index is 4.01. The van der Waals surface area contributed by atoms with Crippen molar-refractivity contribution in [2.24, 2.45) is 5.41 Å². The average molecular weight is 236 g/mol. The minimum atomic E-state index is 0. The number of hydrogen-bond acceptors (Lipinski definition) is 1. The SMILES string of the molecule is C=CC(CC)(CCCC)CCCC.Cl.N. The van der Waals surface area contributed by atoms with Crippen LogP contribution >= 0.6 is 12.4 Å². The Morgan fingerprint density at radius 3 is 1.60 bits per heavy atom. The van der Waals surface area contributed by atoms with Gasteiger partial charge in [0.1, 0.15) is 0 Å². The lowest BCUT2D eigenvalue weighted by atomic mass is 9.76. The first-order valence-electron chi connectivity index (χ1n) is 5.88. The lowest BCUT2D eigenvalue weighted by Gasteiger charge is -2.29. The molecular formula is C13H30ClN. The van der Waals surface area contributed by atoms with Crippen LogP contribution in [0.5, 0.6) is 0 Å². The van der Waals surface area contributed by atoms with E-state index in [2.05, 4.69) is 33.4 Å². The lowest BCUT2D eigenvalue weighted by molar-refractivity contribution is 0.292. The second-order valence-corrected chi connectivity index (χ2v) is 4.13. The molecular weight excluding hydrogens is 206 g/mol. The Balaban J connectivity index is -0.000000720. The van der Waals surface area contributed by atoms with Gasteiger partial charge in [0, 0.05) is 0 Å². The van der Waals surface area contributed by atoms with Crippen molar-refractivity contribution in [3.63, 3.8) is 0 Å². The highest BCUT2D eigenvalue weighted by Crippen LogP contribution is 2.35.